The lowest BCUT2D eigenvalue weighted by Crippen LogP contribution is -2.17. The van der Waals surface area contributed by atoms with Gasteiger partial charge in [-0.2, -0.15) is 5.11 Å². The number of nitrogens with zero attached hydrogens (tertiary/aromatic N) is 3. The van der Waals surface area contributed by atoms with Gasteiger partial charge in [0, 0.05) is 39.1 Å². The van der Waals surface area contributed by atoms with Crippen LogP contribution >= 0.6 is 63.7 Å². The van der Waals surface area contributed by atoms with Gasteiger partial charge in [-0.3, -0.25) is 0 Å². The lowest BCUT2D eigenvalue weighted by molar-refractivity contribution is 0.589. The predicted octanol–water partition coefficient (Wildman–Crippen LogP) is 11.1. The third kappa shape index (κ3) is 8.58. The molecule has 4 aromatic rings. The van der Waals surface area contributed by atoms with E-state index in [4.69, 9.17) is 5.53 Å². The molecule has 254 valence electrons. The lowest BCUT2D eigenvalue weighted by Gasteiger charge is -2.22. The van der Waals surface area contributed by atoms with Crippen molar-refractivity contribution in [1.82, 2.24) is 0 Å². The van der Waals surface area contributed by atoms with Crippen molar-refractivity contribution in [3.63, 3.8) is 0 Å². The second-order valence-corrected chi connectivity index (χ2v) is 17.9. The Bertz CT molecular complexity index is 2400. The first-order valence-electron chi connectivity index (χ1n) is 16.0. The zero-order valence-electron chi connectivity index (χ0n) is 30.0. The van der Waals surface area contributed by atoms with E-state index in [1.165, 1.54) is 11.1 Å². The second kappa shape index (κ2) is 15.5. The summed E-state index contributed by atoms with van der Waals surface area (Å²) < 4.78 is 3.03. The highest BCUT2D eigenvalue weighted by Gasteiger charge is 2.26. The molecule has 0 amide bonds. The molecule has 0 heterocycles. The van der Waals surface area contributed by atoms with Gasteiger partial charge in [0.2, 0.25) is 5.39 Å². The average Bonchev–Trinajstić information content (AvgIpc) is 2.99. The van der Waals surface area contributed by atoms with Gasteiger partial charge in [0.15, 0.2) is 4.98 Å². The van der Waals surface area contributed by atoms with Gasteiger partial charge >= 0.3 is 5.70 Å². The van der Waals surface area contributed by atoms with E-state index in [2.05, 4.69) is 176 Å². The molecular weight excluding hydrogens is 880 g/mol. The normalized spacial score (nSPS) is 11.1. The third-order valence-electron chi connectivity index (χ3n) is 8.52. The molecular formula is C42H39Br4N4+. The Morgan fingerprint density at radius 1 is 0.600 bits per heavy atom. The monoisotopic (exact) mass is 915 g/mol. The standard InChI is InChI=1S/C42H39Br4N4/c1-23-15-29(41(5,6)7)16-24(2)35(23)39(49-47)37-31(43)19-27(20-32(37)44)13-11-12-14-28-21-33(45)38(34(46)22-28)40(50-48)36-25(3)17-30(18-26(36)4)42(8,9)10/h15-22,47H,1-10H3/q+1. The highest BCUT2D eigenvalue weighted by molar-refractivity contribution is 9.11. The minimum absolute atomic E-state index is 0.00369. The number of aryl methyl sites for hydroxylation is 4. The Hall–Kier alpha value is -3.32. The van der Waals surface area contributed by atoms with Crippen molar-refractivity contribution in [3.05, 3.63) is 148 Å². The van der Waals surface area contributed by atoms with Crippen LogP contribution in [0.15, 0.2) is 83.0 Å². The summed E-state index contributed by atoms with van der Waals surface area (Å²) in [6.07, 6.45) is 0. The van der Waals surface area contributed by atoms with Gasteiger partial charge in [0.05, 0.1) is 10.8 Å². The molecule has 0 saturated heterocycles. The third-order valence-corrected chi connectivity index (χ3v) is 11.0. The minimum atomic E-state index is 0.00369. The SMILES string of the molecule is Cc1cc(C(C)(C)C)cc(C)c1C(N=N)=c1c(Br)cc(=C=C=C=C=c2cc(Br)c(=C([N+]#N)c3c(C)cc(C(C)(C)C)cc3C)c(Br)c2)cc1Br. The van der Waals surface area contributed by atoms with Crippen LogP contribution in [-0.2, 0) is 10.8 Å². The van der Waals surface area contributed by atoms with E-state index < -0.39 is 0 Å². The predicted molar refractivity (Wildman–Crippen MR) is 221 cm³/mol. The molecule has 0 aliphatic rings. The number of diazo groups is 1. The van der Waals surface area contributed by atoms with Gasteiger partial charge < -0.3 is 0 Å². The van der Waals surface area contributed by atoms with E-state index >= 15 is 0 Å². The molecule has 0 aromatic heterocycles. The van der Waals surface area contributed by atoms with Crippen molar-refractivity contribution in [3.8, 4) is 0 Å². The Kier molecular flexibility index (Phi) is 12.2. The van der Waals surface area contributed by atoms with Crippen LogP contribution in [-0.4, -0.2) is 0 Å². The summed E-state index contributed by atoms with van der Waals surface area (Å²) in [4.78, 5) is 3.75. The first-order valence-corrected chi connectivity index (χ1v) is 19.2. The molecule has 0 atom stereocenters. The summed E-state index contributed by atoms with van der Waals surface area (Å²) in [5.41, 5.74) is 29.9. The van der Waals surface area contributed by atoms with Gasteiger partial charge in [-0.15, -0.1) is 0 Å². The maximum absolute atomic E-state index is 10.2. The van der Waals surface area contributed by atoms with Crippen LogP contribution in [0.25, 0.3) is 27.8 Å². The summed E-state index contributed by atoms with van der Waals surface area (Å²) in [5, 5.41) is 17.2. The molecule has 0 spiro atoms. The Balaban J connectivity index is 1.90. The summed E-state index contributed by atoms with van der Waals surface area (Å²) in [6.45, 7) is 21.4. The first kappa shape index (κ1) is 39.5. The number of hydrogen-bond donors (Lipinski definition) is 1. The molecule has 4 nitrogen and oxygen atoms in total. The van der Waals surface area contributed by atoms with Crippen LogP contribution in [0.5, 0.6) is 0 Å². The van der Waals surface area contributed by atoms with Gasteiger partial charge in [-0.25, -0.2) is 5.53 Å². The number of benzene rings is 4. The fraction of sp³-hybridized carbons (Fsp3) is 0.286. The van der Waals surface area contributed by atoms with Crippen LogP contribution in [0.4, 0.5) is 0 Å². The molecule has 0 unspecified atom stereocenters. The fourth-order valence-corrected chi connectivity index (χ4v) is 9.08. The maximum Gasteiger partial charge on any atom is 0.402 e. The van der Waals surface area contributed by atoms with Crippen LogP contribution < -0.4 is 20.9 Å². The maximum atomic E-state index is 10.2. The fourth-order valence-electron chi connectivity index (χ4n) is 5.95. The molecule has 50 heavy (non-hydrogen) atoms. The van der Waals surface area contributed by atoms with E-state index in [1.54, 1.807) is 0 Å². The van der Waals surface area contributed by atoms with Crippen molar-refractivity contribution in [2.24, 2.45) is 5.11 Å². The molecule has 0 aliphatic carbocycles. The molecule has 4 aromatic carbocycles. The highest BCUT2D eigenvalue weighted by atomic mass is 79.9. The van der Waals surface area contributed by atoms with Gasteiger partial charge in [-0.05, 0) is 139 Å². The van der Waals surface area contributed by atoms with Crippen LogP contribution in [0, 0.1) is 38.6 Å². The van der Waals surface area contributed by atoms with Crippen molar-refractivity contribution < 1.29 is 0 Å². The highest BCUT2D eigenvalue weighted by Crippen LogP contribution is 2.32. The second-order valence-electron chi connectivity index (χ2n) is 14.5. The van der Waals surface area contributed by atoms with E-state index in [0.717, 1.165) is 72.1 Å². The van der Waals surface area contributed by atoms with Gasteiger partial charge in [-0.1, -0.05) is 109 Å². The summed E-state index contributed by atoms with van der Waals surface area (Å²) in [5.74, 6) is 0. The van der Waals surface area contributed by atoms with Crippen LogP contribution in [0.3, 0.4) is 0 Å². The Morgan fingerprint density at radius 2 is 0.940 bits per heavy atom. The van der Waals surface area contributed by atoms with Crippen molar-refractivity contribution in [2.75, 3.05) is 0 Å². The van der Waals surface area contributed by atoms with E-state index in [9.17, 15) is 5.39 Å². The average molecular weight is 919 g/mol. The number of rotatable bonds is 3. The number of hydrogen-bond acceptors (Lipinski definition) is 3. The van der Waals surface area contributed by atoms with E-state index in [0.29, 0.717) is 11.4 Å². The minimum Gasteiger partial charge on any atom is -0.204 e. The van der Waals surface area contributed by atoms with Crippen molar-refractivity contribution in [1.29, 1.82) is 10.9 Å². The largest absolute Gasteiger partial charge is 0.402 e. The number of halogens is 4. The molecule has 0 radical (unpaired) electrons. The lowest BCUT2D eigenvalue weighted by atomic mass is 9.83. The van der Waals surface area contributed by atoms with Crippen LogP contribution in [0.1, 0.15) is 86.1 Å². The molecule has 0 fully saturated rings. The molecule has 0 bridgehead atoms. The Morgan fingerprint density at radius 3 is 1.26 bits per heavy atom. The molecule has 8 heteroatoms. The summed E-state index contributed by atoms with van der Waals surface area (Å²) in [7, 11) is 0. The first-order chi connectivity index (χ1) is 23.3. The zero-order chi connectivity index (χ0) is 37.3. The van der Waals surface area contributed by atoms with Gasteiger partial charge in [0.25, 0.3) is 0 Å². The molecule has 4 rings (SSSR count). The van der Waals surface area contributed by atoms with Crippen molar-refractivity contribution >= 4 is 86.6 Å². The molecule has 0 aliphatic heterocycles. The smallest absolute Gasteiger partial charge is 0.204 e. The van der Waals surface area contributed by atoms with Gasteiger partial charge in [0.1, 0.15) is 5.70 Å². The van der Waals surface area contributed by atoms with Crippen LogP contribution in [0.2, 0.25) is 0 Å². The van der Waals surface area contributed by atoms with E-state index in [1.807, 2.05) is 38.1 Å². The van der Waals surface area contributed by atoms with E-state index in [-0.39, 0.29) is 10.8 Å². The molecule has 0 saturated carbocycles. The zero-order valence-corrected chi connectivity index (χ0v) is 36.3. The number of nitrogens with one attached hydrogen (secondary N) is 1. The van der Waals surface area contributed by atoms with Crippen molar-refractivity contribution in [2.45, 2.75) is 80.1 Å². The topological polar surface area (TPSA) is 64.4 Å². The summed E-state index contributed by atoms with van der Waals surface area (Å²) >= 11 is 14.8. The summed E-state index contributed by atoms with van der Waals surface area (Å²) in [6, 6.07) is 16.3. The Labute approximate surface area is 328 Å². The quantitative estimate of drug-likeness (QED) is 0.124. The molecule has 1 N–H and O–H groups in total.